The maximum Gasteiger partial charge on any atom is 0.323 e. The van der Waals surface area contributed by atoms with Gasteiger partial charge in [-0.25, -0.2) is 0 Å². The molecule has 130 valence electrons. The van der Waals surface area contributed by atoms with Gasteiger partial charge in [0.05, 0.1) is 0 Å². The number of carboxylic acid groups (broad SMARTS) is 1. The number of amides is 1. The van der Waals surface area contributed by atoms with Crippen molar-refractivity contribution >= 4 is 11.9 Å². The summed E-state index contributed by atoms with van der Waals surface area (Å²) in [6, 6.07) is 0. The monoisotopic (exact) mass is 313 g/mol. The van der Waals surface area contributed by atoms with Crippen LogP contribution in [0.3, 0.4) is 0 Å². The van der Waals surface area contributed by atoms with Gasteiger partial charge in [-0.2, -0.15) is 0 Å². The quantitative estimate of drug-likeness (QED) is 0.481. The maximum absolute atomic E-state index is 12.3. The van der Waals surface area contributed by atoms with E-state index in [1.54, 1.807) is 7.05 Å². The zero-order valence-corrected chi connectivity index (χ0v) is 14.8. The second-order valence-electron chi connectivity index (χ2n) is 6.34. The predicted octanol–water partition coefficient (Wildman–Crippen LogP) is 4.48. The summed E-state index contributed by atoms with van der Waals surface area (Å²) in [7, 11) is 1.59. The van der Waals surface area contributed by atoms with Crippen LogP contribution >= 0.6 is 0 Å². The van der Waals surface area contributed by atoms with Gasteiger partial charge in [-0.15, -0.1) is 0 Å². The van der Waals surface area contributed by atoms with Gasteiger partial charge in [-0.1, -0.05) is 71.6 Å². The van der Waals surface area contributed by atoms with E-state index in [0.29, 0.717) is 0 Å². The van der Waals surface area contributed by atoms with E-state index in [1.807, 2.05) is 0 Å². The van der Waals surface area contributed by atoms with Crippen LogP contribution in [0.15, 0.2) is 0 Å². The third kappa shape index (κ3) is 10.6. The van der Waals surface area contributed by atoms with Gasteiger partial charge in [0.2, 0.25) is 5.91 Å². The van der Waals surface area contributed by atoms with Gasteiger partial charge in [0.15, 0.2) is 0 Å². The molecule has 0 aromatic rings. The Kier molecular flexibility index (Phi) is 12.9. The van der Waals surface area contributed by atoms with E-state index in [9.17, 15) is 9.59 Å². The van der Waals surface area contributed by atoms with Crippen LogP contribution in [0.5, 0.6) is 0 Å². The Morgan fingerprint density at radius 2 is 1.41 bits per heavy atom. The smallest absolute Gasteiger partial charge is 0.323 e. The SMILES string of the molecule is CCCCCCCCCCC(CCC)C(=O)N(C)CC(=O)O. The fourth-order valence-electron chi connectivity index (χ4n) is 2.86. The van der Waals surface area contributed by atoms with Crippen LogP contribution in [0.25, 0.3) is 0 Å². The molecule has 0 aromatic heterocycles. The molecule has 0 aliphatic heterocycles. The van der Waals surface area contributed by atoms with E-state index >= 15 is 0 Å². The summed E-state index contributed by atoms with van der Waals surface area (Å²) in [5.74, 6) is -0.959. The molecule has 0 spiro atoms. The summed E-state index contributed by atoms with van der Waals surface area (Å²) in [6.45, 7) is 4.11. The van der Waals surface area contributed by atoms with Crippen molar-refractivity contribution in [2.45, 2.75) is 84.5 Å². The first-order valence-electron chi connectivity index (χ1n) is 8.99. The first-order chi connectivity index (χ1) is 10.5. The molecule has 0 heterocycles. The molecule has 0 radical (unpaired) electrons. The van der Waals surface area contributed by atoms with Crippen LogP contribution in [0.1, 0.15) is 84.5 Å². The highest BCUT2D eigenvalue weighted by Gasteiger charge is 2.22. The van der Waals surface area contributed by atoms with Gasteiger partial charge in [-0.3, -0.25) is 9.59 Å². The highest BCUT2D eigenvalue weighted by Crippen LogP contribution is 2.19. The lowest BCUT2D eigenvalue weighted by Crippen LogP contribution is -2.36. The van der Waals surface area contributed by atoms with Crippen molar-refractivity contribution in [1.29, 1.82) is 0 Å². The summed E-state index contributed by atoms with van der Waals surface area (Å²) in [5.41, 5.74) is 0. The molecule has 1 atom stereocenters. The van der Waals surface area contributed by atoms with Crippen molar-refractivity contribution < 1.29 is 14.7 Å². The van der Waals surface area contributed by atoms with Crippen LogP contribution < -0.4 is 0 Å². The number of hydrogen-bond donors (Lipinski definition) is 1. The molecular formula is C18H35NO3. The molecule has 0 aliphatic rings. The van der Waals surface area contributed by atoms with Crippen molar-refractivity contribution in [2.75, 3.05) is 13.6 Å². The second kappa shape index (κ2) is 13.6. The number of carboxylic acids is 1. The molecule has 0 rings (SSSR count). The van der Waals surface area contributed by atoms with Crippen LogP contribution in [0.4, 0.5) is 0 Å². The number of likely N-dealkylation sites (N-methyl/N-ethyl adjacent to an activating group) is 1. The number of nitrogens with zero attached hydrogens (tertiary/aromatic N) is 1. The normalized spacial score (nSPS) is 12.1. The minimum Gasteiger partial charge on any atom is -0.480 e. The Hall–Kier alpha value is -1.06. The Balaban J connectivity index is 3.93. The molecule has 1 amide bonds. The number of aliphatic carboxylic acids is 1. The van der Waals surface area contributed by atoms with Crippen molar-refractivity contribution in [3.63, 3.8) is 0 Å². The summed E-state index contributed by atoms with van der Waals surface area (Å²) < 4.78 is 0. The van der Waals surface area contributed by atoms with Crippen LogP contribution in [-0.4, -0.2) is 35.5 Å². The molecule has 4 nitrogen and oxygen atoms in total. The predicted molar refractivity (Wildman–Crippen MR) is 90.9 cm³/mol. The lowest BCUT2D eigenvalue weighted by atomic mass is 9.94. The fourth-order valence-corrected chi connectivity index (χ4v) is 2.86. The molecule has 0 saturated carbocycles. The average molecular weight is 313 g/mol. The number of carbonyl (C=O) groups excluding carboxylic acids is 1. The largest absolute Gasteiger partial charge is 0.480 e. The van der Waals surface area contributed by atoms with Crippen LogP contribution in [-0.2, 0) is 9.59 Å². The molecule has 0 fully saturated rings. The molecular weight excluding hydrogens is 278 g/mol. The Morgan fingerprint density at radius 3 is 1.91 bits per heavy atom. The maximum atomic E-state index is 12.3. The highest BCUT2D eigenvalue weighted by atomic mass is 16.4. The van der Waals surface area contributed by atoms with E-state index in [-0.39, 0.29) is 18.4 Å². The third-order valence-electron chi connectivity index (χ3n) is 4.14. The van der Waals surface area contributed by atoms with Gasteiger partial charge in [0.1, 0.15) is 6.54 Å². The molecule has 22 heavy (non-hydrogen) atoms. The minimum atomic E-state index is -0.946. The first kappa shape index (κ1) is 20.9. The summed E-state index contributed by atoms with van der Waals surface area (Å²) in [4.78, 5) is 24.3. The molecule has 0 saturated heterocycles. The molecule has 0 aliphatic carbocycles. The molecule has 0 bridgehead atoms. The van der Waals surface area contributed by atoms with Crippen molar-refractivity contribution in [3.05, 3.63) is 0 Å². The standard InChI is InChI=1S/C18H35NO3/c1-4-6-7-8-9-10-11-12-14-16(13-5-2)18(22)19(3)15-17(20)21/h16H,4-15H2,1-3H3,(H,20,21). The second-order valence-corrected chi connectivity index (χ2v) is 6.34. The van der Waals surface area contributed by atoms with Gasteiger partial charge >= 0.3 is 5.97 Å². The van der Waals surface area contributed by atoms with Gasteiger partial charge in [0.25, 0.3) is 0 Å². The van der Waals surface area contributed by atoms with Crippen LogP contribution in [0.2, 0.25) is 0 Å². The molecule has 1 unspecified atom stereocenters. The van der Waals surface area contributed by atoms with Crippen LogP contribution in [0, 0.1) is 5.92 Å². The topological polar surface area (TPSA) is 57.6 Å². The zero-order valence-electron chi connectivity index (χ0n) is 14.8. The molecule has 4 heteroatoms. The lowest BCUT2D eigenvalue weighted by molar-refractivity contribution is -0.145. The van der Waals surface area contributed by atoms with Gasteiger partial charge < -0.3 is 10.0 Å². The molecule has 1 N–H and O–H groups in total. The fraction of sp³-hybridized carbons (Fsp3) is 0.889. The first-order valence-corrected chi connectivity index (χ1v) is 8.99. The summed E-state index contributed by atoms with van der Waals surface area (Å²) >= 11 is 0. The minimum absolute atomic E-state index is 0.00515. The number of hydrogen-bond acceptors (Lipinski definition) is 2. The average Bonchev–Trinajstić information content (AvgIpc) is 2.47. The van der Waals surface area contributed by atoms with Gasteiger partial charge in [-0.05, 0) is 12.8 Å². The van der Waals surface area contributed by atoms with E-state index in [0.717, 1.165) is 25.7 Å². The third-order valence-corrected chi connectivity index (χ3v) is 4.14. The zero-order chi connectivity index (χ0) is 16.8. The lowest BCUT2D eigenvalue weighted by Gasteiger charge is -2.22. The number of rotatable bonds is 14. The van der Waals surface area contributed by atoms with Gasteiger partial charge in [0, 0.05) is 13.0 Å². The highest BCUT2D eigenvalue weighted by molar-refractivity contribution is 5.82. The summed E-state index contributed by atoms with van der Waals surface area (Å²) in [6.07, 6.45) is 12.8. The van der Waals surface area contributed by atoms with E-state index in [2.05, 4.69) is 13.8 Å². The number of carbonyl (C=O) groups is 2. The van der Waals surface area contributed by atoms with Crippen molar-refractivity contribution in [1.82, 2.24) is 4.90 Å². The summed E-state index contributed by atoms with van der Waals surface area (Å²) in [5, 5.41) is 8.79. The molecule has 0 aromatic carbocycles. The Labute approximate surface area is 136 Å². The van der Waals surface area contributed by atoms with Crippen molar-refractivity contribution in [3.8, 4) is 0 Å². The van der Waals surface area contributed by atoms with E-state index in [1.165, 1.54) is 49.8 Å². The Bertz CT molecular complexity index is 305. The Morgan fingerprint density at radius 1 is 0.864 bits per heavy atom. The number of unbranched alkanes of at least 4 members (excludes halogenated alkanes) is 7. The van der Waals surface area contributed by atoms with Crippen molar-refractivity contribution in [2.24, 2.45) is 5.92 Å². The van der Waals surface area contributed by atoms with E-state index < -0.39 is 5.97 Å². The van der Waals surface area contributed by atoms with E-state index in [4.69, 9.17) is 5.11 Å².